The number of carbonyl (C=O) groups is 1. The smallest absolute Gasteiger partial charge is 0.337 e. The van der Waals surface area contributed by atoms with Crippen LogP contribution in [0.5, 0.6) is 0 Å². The quantitative estimate of drug-likeness (QED) is 0.331. The lowest BCUT2D eigenvalue weighted by molar-refractivity contribution is 0.0601. The molecule has 4 rings (SSSR count). The molecule has 5 heteroatoms. The Labute approximate surface area is 186 Å². The minimum Gasteiger partial charge on any atom is -0.465 e. The summed E-state index contributed by atoms with van der Waals surface area (Å²) in [5, 5.41) is 12.4. The van der Waals surface area contributed by atoms with Crippen LogP contribution < -0.4 is 0 Å². The van der Waals surface area contributed by atoms with Crippen molar-refractivity contribution < 1.29 is 9.53 Å². The van der Waals surface area contributed by atoms with Gasteiger partial charge in [0.05, 0.1) is 35.7 Å². The van der Waals surface area contributed by atoms with Crippen LogP contribution >= 0.6 is 11.3 Å². The Morgan fingerprint density at radius 2 is 1.94 bits per heavy atom. The lowest BCUT2D eigenvalue weighted by Crippen LogP contribution is -2.01. The highest BCUT2D eigenvalue weighted by Crippen LogP contribution is 2.38. The third-order valence-corrected chi connectivity index (χ3v) is 6.45. The predicted octanol–water partition coefficient (Wildman–Crippen LogP) is 6.16. The second-order valence-electron chi connectivity index (χ2n) is 7.57. The van der Waals surface area contributed by atoms with Crippen LogP contribution in [0.4, 0.5) is 0 Å². The molecular formula is C26H24N2O2S. The fourth-order valence-electron chi connectivity index (χ4n) is 4.04. The monoisotopic (exact) mass is 428 g/mol. The van der Waals surface area contributed by atoms with Crippen molar-refractivity contribution in [3.05, 3.63) is 82.2 Å². The third-order valence-electron chi connectivity index (χ3n) is 5.58. The highest BCUT2D eigenvalue weighted by molar-refractivity contribution is 7.13. The first-order valence-corrected chi connectivity index (χ1v) is 11.2. The Morgan fingerprint density at radius 1 is 1.13 bits per heavy atom. The van der Waals surface area contributed by atoms with Crippen LogP contribution in [0.2, 0.25) is 0 Å². The summed E-state index contributed by atoms with van der Waals surface area (Å²) < 4.78 is 7.19. The second-order valence-corrected chi connectivity index (χ2v) is 8.52. The van der Waals surface area contributed by atoms with Gasteiger partial charge in [-0.15, -0.1) is 11.3 Å². The van der Waals surface area contributed by atoms with Crippen molar-refractivity contribution in [1.29, 1.82) is 5.26 Å². The van der Waals surface area contributed by atoms with E-state index < -0.39 is 0 Å². The molecule has 0 atom stereocenters. The molecule has 0 saturated heterocycles. The minimum absolute atomic E-state index is 0.339. The molecule has 0 radical (unpaired) electrons. The number of nitrogens with zero attached hydrogens (tertiary/aromatic N) is 2. The number of fused-ring (bicyclic) bond motifs is 1. The number of esters is 1. The first kappa shape index (κ1) is 20.9. The molecule has 0 aliphatic heterocycles. The first-order chi connectivity index (χ1) is 15.1. The molecule has 156 valence electrons. The highest BCUT2D eigenvalue weighted by Gasteiger charge is 2.21. The summed E-state index contributed by atoms with van der Waals surface area (Å²) in [6, 6.07) is 20.8. The number of rotatable bonds is 7. The first-order valence-electron chi connectivity index (χ1n) is 10.3. The minimum atomic E-state index is -0.339. The normalized spacial score (nSPS) is 10.9. The predicted molar refractivity (Wildman–Crippen MR) is 125 cm³/mol. The van der Waals surface area contributed by atoms with Gasteiger partial charge in [-0.1, -0.05) is 35.9 Å². The van der Waals surface area contributed by atoms with Crippen molar-refractivity contribution in [2.24, 2.45) is 0 Å². The van der Waals surface area contributed by atoms with Crippen LogP contribution in [0.1, 0.15) is 33.5 Å². The Bertz CT molecular complexity index is 1250. The van der Waals surface area contributed by atoms with Gasteiger partial charge in [-0.05, 0) is 60.5 Å². The van der Waals surface area contributed by atoms with Gasteiger partial charge in [-0.25, -0.2) is 4.79 Å². The third kappa shape index (κ3) is 4.26. The average Bonchev–Trinajstić information content (AvgIpc) is 3.42. The van der Waals surface area contributed by atoms with E-state index in [0.29, 0.717) is 18.5 Å². The summed E-state index contributed by atoms with van der Waals surface area (Å²) in [6.45, 7) is 2.71. The number of methoxy groups -OCH3 is 1. The Morgan fingerprint density at radius 3 is 2.61 bits per heavy atom. The Hall–Kier alpha value is -3.36. The van der Waals surface area contributed by atoms with Gasteiger partial charge in [0.1, 0.15) is 0 Å². The highest BCUT2D eigenvalue weighted by atomic mass is 32.1. The summed E-state index contributed by atoms with van der Waals surface area (Å²) in [5.41, 5.74) is 6.48. The molecule has 2 heterocycles. The van der Waals surface area contributed by atoms with E-state index in [1.807, 2.05) is 12.1 Å². The molecule has 4 nitrogen and oxygen atoms in total. The number of aromatic nitrogens is 1. The molecule has 0 amide bonds. The molecule has 2 aromatic heterocycles. The largest absolute Gasteiger partial charge is 0.465 e. The van der Waals surface area contributed by atoms with Gasteiger partial charge in [0.15, 0.2) is 0 Å². The molecule has 0 aliphatic carbocycles. The van der Waals surface area contributed by atoms with E-state index in [-0.39, 0.29) is 5.97 Å². The van der Waals surface area contributed by atoms with E-state index in [4.69, 9.17) is 4.74 Å². The van der Waals surface area contributed by atoms with Crippen molar-refractivity contribution in [2.45, 2.75) is 32.7 Å². The topological polar surface area (TPSA) is 55.0 Å². The van der Waals surface area contributed by atoms with E-state index in [2.05, 4.69) is 59.3 Å². The zero-order valence-electron chi connectivity index (χ0n) is 17.7. The molecule has 4 aromatic rings. The van der Waals surface area contributed by atoms with Crippen molar-refractivity contribution in [2.75, 3.05) is 7.11 Å². The lowest BCUT2D eigenvalue weighted by atomic mass is 9.99. The molecule has 0 bridgehead atoms. The molecular weight excluding hydrogens is 404 g/mol. The van der Waals surface area contributed by atoms with E-state index in [0.717, 1.165) is 29.4 Å². The van der Waals surface area contributed by atoms with Crippen LogP contribution in [-0.2, 0) is 24.1 Å². The van der Waals surface area contributed by atoms with Crippen molar-refractivity contribution in [3.8, 4) is 16.6 Å². The fraction of sp³-hybridized carbons (Fsp3) is 0.231. The van der Waals surface area contributed by atoms with Gasteiger partial charge in [-0.2, -0.15) is 5.26 Å². The standard InChI is InChI=1S/C26H24N2O2S/c1-18-6-8-19(9-7-18)10-12-21-22-17-20(26(29)30-2)11-13-23(22)28(15-4-14-27)25(21)24-5-3-16-31-24/h3,5-9,11,13,16-17H,4,10,12,15H2,1-2H3. The SMILES string of the molecule is COC(=O)c1ccc2c(c1)c(CCc1ccc(C)cc1)c(-c1cccs1)n2CCC#N. The van der Waals surface area contributed by atoms with Gasteiger partial charge in [0.25, 0.3) is 0 Å². The lowest BCUT2D eigenvalue weighted by Gasteiger charge is -2.10. The van der Waals surface area contributed by atoms with Crippen LogP contribution in [0.15, 0.2) is 60.0 Å². The van der Waals surface area contributed by atoms with Gasteiger partial charge >= 0.3 is 5.97 Å². The van der Waals surface area contributed by atoms with Crippen LogP contribution in [0, 0.1) is 18.3 Å². The Kier molecular flexibility index (Phi) is 6.20. The average molecular weight is 429 g/mol. The van der Waals surface area contributed by atoms with Crippen LogP contribution in [0.25, 0.3) is 21.5 Å². The van der Waals surface area contributed by atoms with Crippen molar-refractivity contribution >= 4 is 28.2 Å². The second kappa shape index (κ2) is 9.20. The molecule has 0 aliphatic rings. The fourth-order valence-corrected chi connectivity index (χ4v) is 4.84. The number of hydrogen-bond acceptors (Lipinski definition) is 4. The van der Waals surface area contributed by atoms with Crippen LogP contribution in [-0.4, -0.2) is 17.6 Å². The maximum Gasteiger partial charge on any atom is 0.337 e. The molecule has 31 heavy (non-hydrogen) atoms. The summed E-state index contributed by atoms with van der Waals surface area (Å²) in [6.07, 6.45) is 2.17. The summed E-state index contributed by atoms with van der Waals surface area (Å²) in [5.74, 6) is -0.339. The van der Waals surface area contributed by atoms with E-state index in [9.17, 15) is 10.1 Å². The number of hydrogen-bond donors (Lipinski definition) is 0. The molecule has 0 spiro atoms. The number of thiophene rings is 1. The zero-order chi connectivity index (χ0) is 21.8. The summed E-state index contributed by atoms with van der Waals surface area (Å²) in [7, 11) is 1.40. The van der Waals surface area contributed by atoms with Crippen molar-refractivity contribution in [1.82, 2.24) is 4.57 Å². The van der Waals surface area contributed by atoms with E-state index in [1.165, 1.54) is 28.7 Å². The van der Waals surface area contributed by atoms with Gasteiger partial charge < -0.3 is 9.30 Å². The van der Waals surface area contributed by atoms with Gasteiger partial charge in [-0.3, -0.25) is 0 Å². The molecule has 2 aromatic carbocycles. The molecule has 0 fully saturated rings. The van der Waals surface area contributed by atoms with Crippen molar-refractivity contribution in [3.63, 3.8) is 0 Å². The molecule has 0 N–H and O–H groups in total. The van der Waals surface area contributed by atoms with Gasteiger partial charge in [0, 0.05) is 17.4 Å². The number of aryl methyl sites for hydroxylation is 4. The molecule has 0 unspecified atom stereocenters. The Balaban J connectivity index is 1.88. The maximum atomic E-state index is 12.2. The number of ether oxygens (including phenoxy) is 1. The van der Waals surface area contributed by atoms with E-state index >= 15 is 0 Å². The summed E-state index contributed by atoms with van der Waals surface area (Å²) >= 11 is 1.70. The number of benzene rings is 2. The van der Waals surface area contributed by atoms with Gasteiger partial charge in [0.2, 0.25) is 0 Å². The van der Waals surface area contributed by atoms with Crippen LogP contribution in [0.3, 0.4) is 0 Å². The molecule has 0 saturated carbocycles. The zero-order valence-corrected chi connectivity index (χ0v) is 18.5. The number of nitriles is 1. The van der Waals surface area contributed by atoms with E-state index in [1.54, 1.807) is 17.4 Å². The number of carbonyl (C=O) groups excluding carboxylic acids is 1. The maximum absolute atomic E-state index is 12.2. The summed E-state index contributed by atoms with van der Waals surface area (Å²) in [4.78, 5) is 13.4.